The first-order valence-corrected chi connectivity index (χ1v) is 5.76. The smallest absolute Gasteiger partial charge is 0.311 e. The summed E-state index contributed by atoms with van der Waals surface area (Å²) in [5.41, 5.74) is -0.786. The molecule has 0 aromatic heterocycles. The van der Waals surface area contributed by atoms with Crippen LogP contribution in [0.3, 0.4) is 0 Å². The molecule has 1 heterocycles. The van der Waals surface area contributed by atoms with Gasteiger partial charge in [-0.3, -0.25) is 4.79 Å². The van der Waals surface area contributed by atoms with Crippen LogP contribution in [0, 0.1) is 11.8 Å². The fourth-order valence-electron chi connectivity index (χ4n) is 2.23. The Labute approximate surface area is 97.4 Å². The Bertz CT molecular complexity index is 268. The van der Waals surface area contributed by atoms with Gasteiger partial charge in [-0.25, -0.2) is 0 Å². The second-order valence-electron chi connectivity index (χ2n) is 6.06. The van der Waals surface area contributed by atoms with Crippen molar-refractivity contribution in [3.63, 3.8) is 0 Å². The van der Waals surface area contributed by atoms with E-state index in [2.05, 4.69) is 5.32 Å². The number of aliphatic hydroxyl groups excluding tert-OH is 1. The summed E-state index contributed by atoms with van der Waals surface area (Å²) in [6, 6.07) is 0. The molecule has 0 aliphatic carbocycles. The number of rotatable bonds is 2. The highest BCUT2D eigenvalue weighted by Crippen LogP contribution is 2.32. The molecule has 1 unspecified atom stereocenters. The summed E-state index contributed by atoms with van der Waals surface area (Å²) in [4.78, 5) is 12.1. The van der Waals surface area contributed by atoms with Crippen molar-refractivity contribution < 1.29 is 14.6 Å². The van der Waals surface area contributed by atoms with Gasteiger partial charge >= 0.3 is 5.97 Å². The summed E-state index contributed by atoms with van der Waals surface area (Å²) in [6.07, 6.45) is 0. The monoisotopic (exact) mass is 229 g/mol. The number of esters is 1. The van der Waals surface area contributed by atoms with Gasteiger partial charge in [0, 0.05) is 24.6 Å². The largest absolute Gasteiger partial charge is 0.460 e. The van der Waals surface area contributed by atoms with E-state index in [9.17, 15) is 9.90 Å². The molecule has 0 bridgehead atoms. The van der Waals surface area contributed by atoms with Crippen LogP contribution in [-0.2, 0) is 9.53 Å². The van der Waals surface area contributed by atoms with Gasteiger partial charge in [0.1, 0.15) is 5.60 Å². The number of aliphatic hydroxyl groups is 1. The van der Waals surface area contributed by atoms with Gasteiger partial charge in [-0.1, -0.05) is 0 Å². The van der Waals surface area contributed by atoms with Gasteiger partial charge in [0.15, 0.2) is 0 Å². The van der Waals surface area contributed by atoms with Gasteiger partial charge in [0.2, 0.25) is 0 Å². The molecular weight excluding hydrogens is 206 g/mol. The quantitative estimate of drug-likeness (QED) is 0.692. The molecule has 0 amide bonds. The molecule has 0 spiro atoms. The van der Waals surface area contributed by atoms with Crippen molar-refractivity contribution in [2.75, 3.05) is 13.2 Å². The Balaban J connectivity index is 2.79. The van der Waals surface area contributed by atoms with Crippen molar-refractivity contribution in [1.82, 2.24) is 5.32 Å². The van der Waals surface area contributed by atoms with E-state index in [1.807, 2.05) is 34.6 Å². The number of nitrogens with one attached hydrogen (secondary N) is 1. The normalized spacial score (nSPS) is 29.1. The lowest BCUT2D eigenvalue weighted by Crippen LogP contribution is -2.45. The second-order valence-corrected chi connectivity index (χ2v) is 6.06. The highest BCUT2D eigenvalue weighted by Gasteiger charge is 2.47. The number of carbonyl (C=O) groups is 1. The lowest BCUT2D eigenvalue weighted by atomic mass is 9.83. The first-order valence-electron chi connectivity index (χ1n) is 5.76. The predicted octanol–water partition coefficient (Wildman–Crippen LogP) is 0.935. The maximum Gasteiger partial charge on any atom is 0.311 e. The van der Waals surface area contributed by atoms with Gasteiger partial charge in [-0.2, -0.15) is 0 Å². The third-order valence-corrected chi connectivity index (χ3v) is 2.96. The van der Waals surface area contributed by atoms with Gasteiger partial charge in [-0.05, 0) is 34.6 Å². The number of ether oxygens (including phenoxy) is 1. The molecule has 16 heavy (non-hydrogen) atoms. The first kappa shape index (κ1) is 13.5. The van der Waals surface area contributed by atoms with Crippen molar-refractivity contribution >= 4 is 5.97 Å². The predicted molar refractivity (Wildman–Crippen MR) is 62.0 cm³/mol. The minimum Gasteiger partial charge on any atom is -0.460 e. The topological polar surface area (TPSA) is 58.6 Å². The Morgan fingerprint density at radius 1 is 1.50 bits per heavy atom. The fourth-order valence-corrected chi connectivity index (χ4v) is 2.23. The molecule has 1 aliphatic rings. The van der Waals surface area contributed by atoms with Crippen LogP contribution in [0.5, 0.6) is 0 Å². The second kappa shape index (κ2) is 4.34. The van der Waals surface area contributed by atoms with Crippen molar-refractivity contribution in [3.8, 4) is 0 Å². The molecule has 0 saturated carbocycles. The Morgan fingerprint density at radius 3 is 2.50 bits per heavy atom. The summed E-state index contributed by atoms with van der Waals surface area (Å²) < 4.78 is 5.40. The average Bonchev–Trinajstić information content (AvgIpc) is 2.37. The van der Waals surface area contributed by atoms with Crippen LogP contribution in [0.25, 0.3) is 0 Å². The maximum atomic E-state index is 12.1. The lowest BCUT2D eigenvalue weighted by molar-refractivity contribution is -0.163. The van der Waals surface area contributed by atoms with Crippen LogP contribution < -0.4 is 5.32 Å². The molecule has 1 rings (SSSR count). The van der Waals surface area contributed by atoms with E-state index < -0.39 is 5.60 Å². The average molecular weight is 229 g/mol. The zero-order chi connectivity index (χ0) is 12.6. The maximum absolute atomic E-state index is 12.1. The van der Waals surface area contributed by atoms with Gasteiger partial charge in [-0.15, -0.1) is 0 Å². The number of hydrogen-bond donors (Lipinski definition) is 2. The van der Waals surface area contributed by atoms with E-state index >= 15 is 0 Å². The SMILES string of the molecule is CC(C)(C)OC(=O)[C@H]1C(CO)CNC1(C)C. The zero-order valence-corrected chi connectivity index (χ0v) is 10.8. The van der Waals surface area contributed by atoms with E-state index in [0.29, 0.717) is 6.54 Å². The molecular formula is C12H23NO3. The van der Waals surface area contributed by atoms with Crippen LogP contribution in [0.1, 0.15) is 34.6 Å². The van der Waals surface area contributed by atoms with E-state index in [-0.39, 0.29) is 30.0 Å². The molecule has 2 atom stereocenters. The molecule has 1 saturated heterocycles. The summed E-state index contributed by atoms with van der Waals surface area (Å²) in [6.45, 7) is 10.2. The summed E-state index contributed by atoms with van der Waals surface area (Å²) >= 11 is 0. The summed E-state index contributed by atoms with van der Waals surface area (Å²) in [5.74, 6) is -0.553. The number of carbonyl (C=O) groups excluding carboxylic acids is 1. The Hall–Kier alpha value is -0.610. The van der Waals surface area contributed by atoms with Crippen LogP contribution in [0.15, 0.2) is 0 Å². The minimum absolute atomic E-state index is 0.0142. The highest BCUT2D eigenvalue weighted by atomic mass is 16.6. The third kappa shape index (κ3) is 2.95. The van der Waals surface area contributed by atoms with Crippen LogP contribution >= 0.6 is 0 Å². The standard InChI is InChI=1S/C12H23NO3/c1-11(2,3)16-10(15)9-8(7-14)6-13-12(9,4)5/h8-9,13-14H,6-7H2,1-5H3/t8?,9-/m1/s1. The van der Waals surface area contributed by atoms with E-state index in [4.69, 9.17) is 4.74 Å². The molecule has 2 N–H and O–H groups in total. The number of hydrogen-bond acceptors (Lipinski definition) is 4. The molecule has 0 radical (unpaired) electrons. The summed E-state index contributed by atoms with van der Waals surface area (Å²) in [7, 11) is 0. The molecule has 0 aromatic rings. The van der Waals surface area contributed by atoms with Crippen LogP contribution in [-0.4, -0.2) is 35.4 Å². The molecule has 1 fully saturated rings. The van der Waals surface area contributed by atoms with Crippen LogP contribution in [0.2, 0.25) is 0 Å². The zero-order valence-electron chi connectivity index (χ0n) is 10.8. The molecule has 4 heteroatoms. The van der Waals surface area contributed by atoms with Crippen molar-refractivity contribution in [1.29, 1.82) is 0 Å². The first-order chi connectivity index (χ1) is 7.17. The molecule has 1 aliphatic heterocycles. The van der Waals surface area contributed by atoms with Crippen molar-refractivity contribution in [3.05, 3.63) is 0 Å². The molecule has 94 valence electrons. The molecule has 4 nitrogen and oxygen atoms in total. The Kier molecular flexibility index (Phi) is 3.65. The Morgan fingerprint density at radius 2 is 2.06 bits per heavy atom. The van der Waals surface area contributed by atoms with Gasteiger partial charge < -0.3 is 15.2 Å². The summed E-state index contributed by atoms with van der Waals surface area (Å²) in [5, 5.41) is 12.5. The van der Waals surface area contributed by atoms with Gasteiger partial charge in [0.05, 0.1) is 5.92 Å². The van der Waals surface area contributed by atoms with E-state index in [0.717, 1.165) is 0 Å². The highest BCUT2D eigenvalue weighted by molar-refractivity contribution is 5.75. The van der Waals surface area contributed by atoms with E-state index in [1.54, 1.807) is 0 Å². The molecule has 0 aromatic carbocycles. The minimum atomic E-state index is -0.476. The fraction of sp³-hybridized carbons (Fsp3) is 0.917. The van der Waals surface area contributed by atoms with Crippen molar-refractivity contribution in [2.45, 2.75) is 45.8 Å². The van der Waals surface area contributed by atoms with Crippen LogP contribution in [0.4, 0.5) is 0 Å². The van der Waals surface area contributed by atoms with Gasteiger partial charge in [0.25, 0.3) is 0 Å². The lowest BCUT2D eigenvalue weighted by Gasteiger charge is -2.31. The van der Waals surface area contributed by atoms with Crippen molar-refractivity contribution in [2.24, 2.45) is 11.8 Å². The third-order valence-electron chi connectivity index (χ3n) is 2.96. The van der Waals surface area contributed by atoms with E-state index in [1.165, 1.54) is 0 Å².